The fourth-order valence-electron chi connectivity index (χ4n) is 1.61. The minimum atomic E-state index is -0.730. The molecule has 90 valence electrons. The van der Waals surface area contributed by atoms with E-state index >= 15 is 0 Å². The van der Waals surface area contributed by atoms with Gasteiger partial charge in [-0.2, -0.15) is 0 Å². The molecule has 0 bridgehead atoms. The smallest absolute Gasteiger partial charge is 0.159 e. The van der Waals surface area contributed by atoms with Crippen molar-refractivity contribution in [2.45, 2.75) is 19.4 Å². The summed E-state index contributed by atoms with van der Waals surface area (Å²) in [6.45, 7) is 1.95. The van der Waals surface area contributed by atoms with E-state index in [-0.39, 0.29) is 0 Å². The number of hydrogen-bond donors (Lipinski definition) is 1. The Balaban J connectivity index is 2.17. The molecule has 3 heteroatoms. The van der Waals surface area contributed by atoms with Crippen molar-refractivity contribution in [3.05, 3.63) is 47.8 Å². The van der Waals surface area contributed by atoms with Crippen molar-refractivity contribution in [1.29, 1.82) is 0 Å². The summed E-state index contributed by atoms with van der Waals surface area (Å²) < 4.78 is 0. The number of nitrogens with zero attached hydrogens (tertiary/aromatic N) is 2. The Bertz CT molecular complexity index is 553. The zero-order valence-electron chi connectivity index (χ0n) is 10.2. The molecule has 0 amide bonds. The molecule has 1 aromatic heterocycles. The Hall–Kier alpha value is -2.18. The molecule has 0 radical (unpaired) electrons. The Morgan fingerprint density at radius 1 is 1.22 bits per heavy atom. The van der Waals surface area contributed by atoms with Crippen molar-refractivity contribution in [3.8, 4) is 23.7 Å². The summed E-state index contributed by atoms with van der Waals surface area (Å²) in [6.07, 6.45) is 8.45. The van der Waals surface area contributed by atoms with E-state index in [1.165, 1.54) is 0 Å². The van der Waals surface area contributed by atoms with Gasteiger partial charge in [-0.3, -0.25) is 0 Å². The van der Waals surface area contributed by atoms with Gasteiger partial charge in [-0.05, 0) is 18.1 Å². The molecule has 1 atom stereocenters. The molecule has 1 unspecified atom stereocenters. The van der Waals surface area contributed by atoms with Gasteiger partial charge in [-0.25, -0.2) is 9.97 Å². The van der Waals surface area contributed by atoms with E-state index < -0.39 is 6.10 Å². The lowest BCUT2D eigenvalue weighted by molar-refractivity contribution is 0.233. The topological polar surface area (TPSA) is 46.0 Å². The van der Waals surface area contributed by atoms with Crippen LogP contribution in [0.4, 0.5) is 0 Å². The highest BCUT2D eigenvalue weighted by Crippen LogP contribution is 2.16. The lowest BCUT2D eigenvalue weighted by Gasteiger charge is -2.05. The van der Waals surface area contributed by atoms with Crippen LogP contribution in [0.3, 0.4) is 0 Å². The van der Waals surface area contributed by atoms with Crippen LogP contribution in [0, 0.1) is 19.3 Å². The van der Waals surface area contributed by atoms with E-state index in [2.05, 4.69) is 15.9 Å². The summed E-state index contributed by atoms with van der Waals surface area (Å²) >= 11 is 0. The molecule has 18 heavy (non-hydrogen) atoms. The molecule has 0 fully saturated rings. The number of aryl methyl sites for hydroxylation is 1. The van der Waals surface area contributed by atoms with Crippen LogP contribution in [0.15, 0.2) is 36.7 Å². The van der Waals surface area contributed by atoms with Gasteiger partial charge in [0.2, 0.25) is 0 Å². The Kier molecular flexibility index (Phi) is 3.71. The molecule has 3 nitrogen and oxygen atoms in total. The van der Waals surface area contributed by atoms with Gasteiger partial charge in [0.25, 0.3) is 0 Å². The monoisotopic (exact) mass is 238 g/mol. The summed E-state index contributed by atoms with van der Waals surface area (Å²) in [5.74, 6) is 3.00. The number of aliphatic hydroxyl groups is 1. The highest BCUT2D eigenvalue weighted by atomic mass is 16.3. The molecular formula is C15H14N2O. The maximum atomic E-state index is 9.37. The number of benzene rings is 1. The van der Waals surface area contributed by atoms with Crippen LogP contribution >= 0.6 is 0 Å². The van der Waals surface area contributed by atoms with Crippen LogP contribution in [0.25, 0.3) is 11.4 Å². The Morgan fingerprint density at radius 2 is 1.83 bits per heavy atom. The standard InChI is InChI=1S/C15H14N2O/c1-3-14(18)8-12-4-6-13(7-5-12)15-16-9-11(2)10-17-15/h1,4-7,9-10,14,18H,8H2,2H3. The van der Waals surface area contributed by atoms with Gasteiger partial charge >= 0.3 is 0 Å². The molecule has 0 saturated heterocycles. The van der Waals surface area contributed by atoms with Crippen LogP contribution in [-0.4, -0.2) is 21.2 Å². The number of aromatic nitrogens is 2. The second-order valence-corrected chi connectivity index (χ2v) is 4.17. The zero-order valence-corrected chi connectivity index (χ0v) is 10.2. The van der Waals surface area contributed by atoms with E-state index in [0.717, 1.165) is 16.7 Å². The molecule has 2 aromatic rings. The van der Waals surface area contributed by atoms with E-state index in [0.29, 0.717) is 12.2 Å². The molecule has 0 saturated carbocycles. The van der Waals surface area contributed by atoms with Crippen molar-refractivity contribution >= 4 is 0 Å². The maximum Gasteiger partial charge on any atom is 0.159 e. The number of hydrogen-bond acceptors (Lipinski definition) is 3. The van der Waals surface area contributed by atoms with Crippen molar-refractivity contribution in [2.24, 2.45) is 0 Å². The van der Waals surface area contributed by atoms with Crippen LogP contribution < -0.4 is 0 Å². The predicted octanol–water partition coefficient (Wildman–Crippen LogP) is 1.99. The first-order valence-corrected chi connectivity index (χ1v) is 5.71. The van der Waals surface area contributed by atoms with Gasteiger partial charge in [-0.1, -0.05) is 30.2 Å². The van der Waals surface area contributed by atoms with E-state index in [1.54, 1.807) is 12.4 Å². The fraction of sp³-hybridized carbons (Fsp3) is 0.200. The molecule has 0 aliphatic heterocycles. The Labute approximate surface area is 107 Å². The third kappa shape index (κ3) is 2.93. The lowest BCUT2D eigenvalue weighted by atomic mass is 10.1. The van der Waals surface area contributed by atoms with Crippen LogP contribution in [0.1, 0.15) is 11.1 Å². The molecule has 1 aromatic carbocycles. The molecule has 1 heterocycles. The second-order valence-electron chi connectivity index (χ2n) is 4.17. The molecule has 1 N–H and O–H groups in total. The normalized spacial score (nSPS) is 11.8. The summed E-state index contributed by atoms with van der Waals surface area (Å²) in [5.41, 5.74) is 2.98. The minimum Gasteiger partial charge on any atom is -0.380 e. The number of terminal acetylenes is 1. The molecule has 0 spiro atoms. The molecule has 2 rings (SSSR count). The third-order valence-corrected chi connectivity index (χ3v) is 2.61. The largest absolute Gasteiger partial charge is 0.380 e. The SMILES string of the molecule is C#CC(O)Cc1ccc(-c2ncc(C)cn2)cc1. The third-order valence-electron chi connectivity index (χ3n) is 2.61. The number of rotatable bonds is 3. The van der Waals surface area contributed by atoms with Crippen molar-refractivity contribution in [3.63, 3.8) is 0 Å². The van der Waals surface area contributed by atoms with Crippen molar-refractivity contribution in [2.75, 3.05) is 0 Å². The second kappa shape index (κ2) is 5.44. The molecule has 0 aliphatic carbocycles. The van der Waals surface area contributed by atoms with E-state index in [9.17, 15) is 5.11 Å². The van der Waals surface area contributed by atoms with Crippen molar-refractivity contribution in [1.82, 2.24) is 9.97 Å². The quantitative estimate of drug-likeness (QED) is 0.832. The zero-order chi connectivity index (χ0) is 13.0. The summed E-state index contributed by atoms with van der Waals surface area (Å²) in [4.78, 5) is 8.52. The maximum absolute atomic E-state index is 9.37. The lowest BCUT2D eigenvalue weighted by Crippen LogP contribution is -2.06. The first kappa shape index (κ1) is 12.3. The summed E-state index contributed by atoms with van der Waals surface area (Å²) in [6, 6.07) is 7.73. The van der Waals surface area contributed by atoms with Crippen molar-refractivity contribution < 1.29 is 5.11 Å². The summed E-state index contributed by atoms with van der Waals surface area (Å²) in [5, 5.41) is 9.37. The van der Waals surface area contributed by atoms with Crippen LogP contribution in [-0.2, 0) is 6.42 Å². The summed E-state index contributed by atoms with van der Waals surface area (Å²) in [7, 11) is 0. The van der Waals surface area contributed by atoms with E-state index in [1.807, 2.05) is 31.2 Å². The average Bonchev–Trinajstić information content (AvgIpc) is 2.40. The minimum absolute atomic E-state index is 0.464. The van der Waals surface area contributed by atoms with Gasteiger partial charge in [-0.15, -0.1) is 6.42 Å². The number of aliphatic hydroxyl groups excluding tert-OH is 1. The average molecular weight is 238 g/mol. The van der Waals surface area contributed by atoms with Gasteiger partial charge in [0.05, 0.1) is 0 Å². The van der Waals surface area contributed by atoms with Gasteiger partial charge < -0.3 is 5.11 Å². The van der Waals surface area contributed by atoms with Gasteiger partial charge in [0.15, 0.2) is 5.82 Å². The highest BCUT2D eigenvalue weighted by molar-refractivity contribution is 5.55. The first-order valence-electron chi connectivity index (χ1n) is 5.71. The van der Waals surface area contributed by atoms with Crippen LogP contribution in [0.5, 0.6) is 0 Å². The Morgan fingerprint density at radius 3 is 2.39 bits per heavy atom. The highest BCUT2D eigenvalue weighted by Gasteiger charge is 2.03. The van der Waals surface area contributed by atoms with Gasteiger partial charge in [0, 0.05) is 24.4 Å². The molecule has 0 aliphatic rings. The van der Waals surface area contributed by atoms with Crippen LogP contribution in [0.2, 0.25) is 0 Å². The van der Waals surface area contributed by atoms with E-state index in [4.69, 9.17) is 6.42 Å². The fourth-order valence-corrected chi connectivity index (χ4v) is 1.61. The van der Waals surface area contributed by atoms with Gasteiger partial charge in [0.1, 0.15) is 6.10 Å². The predicted molar refractivity (Wildman–Crippen MR) is 70.7 cm³/mol. The first-order chi connectivity index (χ1) is 8.69. The molecular weight excluding hydrogens is 224 g/mol.